The molecule has 136 valence electrons. The van der Waals surface area contributed by atoms with Gasteiger partial charge in [0.2, 0.25) is 0 Å². The van der Waals surface area contributed by atoms with E-state index in [9.17, 15) is 14.4 Å². The van der Waals surface area contributed by atoms with Gasteiger partial charge in [0.1, 0.15) is 0 Å². The van der Waals surface area contributed by atoms with Crippen LogP contribution in [0.2, 0.25) is 0 Å². The highest BCUT2D eigenvalue weighted by molar-refractivity contribution is 7.11. The fourth-order valence-electron chi connectivity index (χ4n) is 2.05. The number of esters is 2. The summed E-state index contributed by atoms with van der Waals surface area (Å²) in [5.74, 6) is -1.70. The number of thiophene rings is 1. The lowest BCUT2D eigenvalue weighted by atomic mass is 10.2. The van der Waals surface area contributed by atoms with E-state index in [4.69, 9.17) is 9.47 Å². The van der Waals surface area contributed by atoms with Crippen molar-refractivity contribution in [3.8, 4) is 0 Å². The van der Waals surface area contributed by atoms with Crippen LogP contribution in [0.5, 0.6) is 0 Å². The number of carbonyl (C=O) groups excluding carboxylic acids is 3. The molecule has 6 nitrogen and oxygen atoms in total. The van der Waals surface area contributed by atoms with Gasteiger partial charge in [-0.05, 0) is 49.1 Å². The molecule has 1 N–H and O–H groups in total. The number of hydrogen-bond acceptors (Lipinski definition) is 6. The summed E-state index contributed by atoms with van der Waals surface area (Å²) in [4.78, 5) is 36.5. The van der Waals surface area contributed by atoms with Crippen molar-refractivity contribution in [1.29, 1.82) is 0 Å². The summed E-state index contributed by atoms with van der Waals surface area (Å²) in [6.45, 7) is 3.41. The molecular formula is C19H19NO5S. The molecule has 2 aromatic rings. The highest BCUT2D eigenvalue weighted by atomic mass is 32.1. The summed E-state index contributed by atoms with van der Waals surface area (Å²) in [6.07, 6.45) is 2.93. The van der Waals surface area contributed by atoms with Crippen LogP contribution < -0.4 is 5.32 Å². The molecule has 26 heavy (non-hydrogen) atoms. The van der Waals surface area contributed by atoms with E-state index in [0.29, 0.717) is 5.69 Å². The minimum absolute atomic E-state index is 0.231. The molecule has 0 saturated heterocycles. The molecule has 1 amide bonds. The predicted octanol–water partition coefficient (Wildman–Crippen LogP) is 3.43. The monoisotopic (exact) mass is 373 g/mol. The van der Waals surface area contributed by atoms with Gasteiger partial charge in [-0.1, -0.05) is 12.1 Å². The second kappa shape index (κ2) is 9.53. The highest BCUT2D eigenvalue weighted by Gasteiger charge is 2.14. The summed E-state index contributed by atoms with van der Waals surface area (Å²) in [5, 5.41) is 4.47. The smallest absolute Gasteiger partial charge is 0.340 e. The van der Waals surface area contributed by atoms with E-state index in [1.54, 1.807) is 37.3 Å². The molecule has 0 atom stereocenters. The van der Waals surface area contributed by atoms with Crippen LogP contribution in [0.3, 0.4) is 0 Å². The second-order valence-electron chi connectivity index (χ2n) is 5.22. The zero-order valence-corrected chi connectivity index (χ0v) is 15.3. The average molecular weight is 373 g/mol. The molecule has 7 heteroatoms. The molecule has 0 aliphatic carbocycles. The van der Waals surface area contributed by atoms with Crippen molar-refractivity contribution in [2.24, 2.45) is 0 Å². The Bertz CT molecular complexity index is 825. The SMILES string of the molecule is CCOC(=O)c1ccccc1NC(=O)COC(=O)/C=C/c1sccc1C. The summed E-state index contributed by atoms with van der Waals surface area (Å²) in [5.41, 5.74) is 1.60. The van der Waals surface area contributed by atoms with Gasteiger partial charge >= 0.3 is 11.9 Å². The topological polar surface area (TPSA) is 81.7 Å². The Balaban J connectivity index is 1.89. The van der Waals surface area contributed by atoms with E-state index in [2.05, 4.69) is 5.32 Å². The molecule has 0 aliphatic heterocycles. The van der Waals surface area contributed by atoms with Gasteiger partial charge in [-0.25, -0.2) is 9.59 Å². The summed E-state index contributed by atoms with van der Waals surface area (Å²) in [6, 6.07) is 8.41. The fraction of sp³-hybridized carbons (Fsp3) is 0.211. The van der Waals surface area contributed by atoms with Crippen molar-refractivity contribution in [2.45, 2.75) is 13.8 Å². The maximum atomic E-state index is 12.0. The third-order valence-electron chi connectivity index (χ3n) is 3.31. The molecule has 1 heterocycles. The van der Waals surface area contributed by atoms with Crippen molar-refractivity contribution >= 4 is 40.9 Å². The quantitative estimate of drug-likeness (QED) is 0.594. The Labute approximate surface area is 155 Å². The predicted molar refractivity (Wildman–Crippen MR) is 100 cm³/mol. The van der Waals surface area contributed by atoms with Gasteiger partial charge in [0, 0.05) is 11.0 Å². The number of hydrogen-bond donors (Lipinski definition) is 1. The van der Waals surface area contributed by atoms with E-state index in [0.717, 1.165) is 10.4 Å². The maximum absolute atomic E-state index is 12.0. The summed E-state index contributed by atoms with van der Waals surface area (Å²) < 4.78 is 9.85. The van der Waals surface area contributed by atoms with Crippen molar-refractivity contribution in [1.82, 2.24) is 0 Å². The first-order valence-corrected chi connectivity index (χ1v) is 8.84. The van der Waals surface area contributed by atoms with Gasteiger partial charge in [0.15, 0.2) is 6.61 Å². The Morgan fingerprint density at radius 1 is 1.15 bits per heavy atom. The highest BCUT2D eigenvalue weighted by Crippen LogP contribution is 2.17. The zero-order chi connectivity index (χ0) is 18.9. The van der Waals surface area contributed by atoms with E-state index in [1.807, 2.05) is 18.4 Å². The molecule has 2 rings (SSSR count). The van der Waals surface area contributed by atoms with Gasteiger partial charge in [0.05, 0.1) is 17.9 Å². The third kappa shape index (κ3) is 5.56. The van der Waals surface area contributed by atoms with Gasteiger partial charge in [0.25, 0.3) is 5.91 Å². The van der Waals surface area contributed by atoms with Crippen LogP contribution in [0, 0.1) is 6.92 Å². The van der Waals surface area contributed by atoms with Crippen molar-refractivity contribution in [3.05, 3.63) is 57.8 Å². The van der Waals surface area contributed by atoms with Crippen LogP contribution in [0.15, 0.2) is 41.8 Å². The van der Waals surface area contributed by atoms with Crippen molar-refractivity contribution < 1.29 is 23.9 Å². The van der Waals surface area contributed by atoms with Crippen LogP contribution in [-0.4, -0.2) is 31.1 Å². The maximum Gasteiger partial charge on any atom is 0.340 e. The Hall–Kier alpha value is -2.93. The molecule has 1 aromatic carbocycles. The van der Waals surface area contributed by atoms with Crippen LogP contribution in [0.25, 0.3) is 6.08 Å². The number of anilines is 1. The zero-order valence-electron chi connectivity index (χ0n) is 14.5. The molecular weight excluding hydrogens is 354 g/mol. The first-order chi connectivity index (χ1) is 12.5. The summed E-state index contributed by atoms with van der Waals surface area (Å²) in [7, 11) is 0. The van der Waals surface area contributed by atoms with Gasteiger partial charge in [-0.3, -0.25) is 4.79 Å². The van der Waals surface area contributed by atoms with E-state index in [1.165, 1.54) is 17.4 Å². The Kier molecular flexibility index (Phi) is 7.11. The van der Waals surface area contributed by atoms with Gasteiger partial charge < -0.3 is 14.8 Å². The van der Waals surface area contributed by atoms with Crippen molar-refractivity contribution in [3.63, 3.8) is 0 Å². The number of para-hydroxylation sites is 1. The van der Waals surface area contributed by atoms with Crippen molar-refractivity contribution in [2.75, 3.05) is 18.5 Å². The van der Waals surface area contributed by atoms with E-state index < -0.39 is 24.5 Å². The standard InChI is InChI=1S/C19H19NO5S/c1-3-24-19(23)14-6-4-5-7-15(14)20-17(21)12-25-18(22)9-8-16-13(2)10-11-26-16/h4-11H,3,12H2,1-2H3,(H,20,21)/b9-8+. The lowest BCUT2D eigenvalue weighted by Gasteiger charge is -2.10. The fourth-order valence-corrected chi connectivity index (χ4v) is 2.87. The van der Waals surface area contributed by atoms with E-state index >= 15 is 0 Å². The van der Waals surface area contributed by atoms with Gasteiger partial charge in [-0.15, -0.1) is 11.3 Å². The minimum atomic E-state index is -0.619. The first kappa shape index (κ1) is 19.4. The molecule has 0 bridgehead atoms. The lowest BCUT2D eigenvalue weighted by molar-refractivity contribution is -0.142. The van der Waals surface area contributed by atoms with E-state index in [-0.39, 0.29) is 12.2 Å². The number of benzene rings is 1. The number of nitrogens with one attached hydrogen (secondary N) is 1. The van der Waals surface area contributed by atoms with Crippen LogP contribution >= 0.6 is 11.3 Å². The van der Waals surface area contributed by atoms with Crippen LogP contribution in [0.4, 0.5) is 5.69 Å². The molecule has 0 unspecified atom stereocenters. The van der Waals surface area contributed by atoms with Gasteiger partial charge in [-0.2, -0.15) is 0 Å². The lowest BCUT2D eigenvalue weighted by Crippen LogP contribution is -2.21. The summed E-state index contributed by atoms with van der Waals surface area (Å²) >= 11 is 1.51. The molecule has 0 radical (unpaired) electrons. The average Bonchev–Trinajstić information content (AvgIpc) is 3.04. The number of ether oxygens (including phenoxy) is 2. The molecule has 0 spiro atoms. The molecule has 0 aliphatic rings. The minimum Gasteiger partial charge on any atom is -0.462 e. The molecule has 1 aromatic heterocycles. The number of aryl methyl sites for hydroxylation is 1. The normalized spacial score (nSPS) is 10.5. The number of amides is 1. The number of carbonyl (C=O) groups is 3. The Morgan fingerprint density at radius 2 is 1.92 bits per heavy atom. The molecule has 0 saturated carbocycles. The Morgan fingerprint density at radius 3 is 2.62 bits per heavy atom. The third-order valence-corrected chi connectivity index (χ3v) is 4.30. The number of rotatable bonds is 7. The largest absolute Gasteiger partial charge is 0.462 e. The molecule has 0 fully saturated rings. The second-order valence-corrected chi connectivity index (χ2v) is 6.17. The van der Waals surface area contributed by atoms with Crippen LogP contribution in [-0.2, 0) is 19.1 Å². The first-order valence-electron chi connectivity index (χ1n) is 7.96. The van der Waals surface area contributed by atoms with Crippen LogP contribution in [0.1, 0.15) is 27.7 Å².